The third-order valence-electron chi connectivity index (χ3n) is 3.72. The van der Waals surface area contributed by atoms with Crippen molar-refractivity contribution in [3.8, 4) is 0 Å². The number of rotatable bonds is 5. The molecule has 0 spiro atoms. The molecule has 5 nitrogen and oxygen atoms in total. The third-order valence-corrected chi connectivity index (χ3v) is 3.72. The number of nitrogens with one attached hydrogen (secondary N) is 1. The first-order chi connectivity index (χ1) is 9.24. The zero-order valence-electron chi connectivity index (χ0n) is 11.9. The van der Waals surface area contributed by atoms with E-state index in [1.54, 1.807) is 17.0 Å². The van der Waals surface area contributed by atoms with Gasteiger partial charge in [-0.15, -0.1) is 0 Å². The molecule has 106 valence electrons. The zero-order chi connectivity index (χ0) is 13.7. The van der Waals surface area contributed by atoms with Crippen molar-refractivity contribution in [2.24, 2.45) is 0 Å². The number of aromatic nitrogens is 2. The Kier molecular flexibility index (Phi) is 4.96. The number of hydrogen-bond acceptors (Lipinski definition) is 4. The van der Waals surface area contributed by atoms with E-state index < -0.39 is 0 Å². The molecule has 1 fully saturated rings. The summed E-state index contributed by atoms with van der Waals surface area (Å²) >= 11 is 0. The molecule has 5 heteroatoms. The second-order valence-corrected chi connectivity index (χ2v) is 5.13. The van der Waals surface area contributed by atoms with Crippen molar-refractivity contribution in [1.29, 1.82) is 0 Å². The monoisotopic (exact) mass is 264 g/mol. The maximum atomic E-state index is 12.1. The maximum absolute atomic E-state index is 12.1. The molecule has 0 aliphatic carbocycles. The van der Waals surface area contributed by atoms with Crippen LogP contribution in [0.5, 0.6) is 0 Å². The highest BCUT2D eigenvalue weighted by molar-refractivity contribution is 5.32. The summed E-state index contributed by atoms with van der Waals surface area (Å²) in [5.74, 6) is 0.498. The number of aryl methyl sites for hydroxylation is 1. The van der Waals surface area contributed by atoms with Crippen molar-refractivity contribution in [3.05, 3.63) is 22.7 Å². The average molecular weight is 264 g/mol. The summed E-state index contributed by atoms with van der Waals surface area (Å²) in [5.41, 5.74) is -0.0130. The summed E-state index contributed by atoms with van der Waals surface area (Å²) < 4.78 is 1.68. The van der Waals surface area contributed by atoms with Gasteiger partial charge in [-0.1, -0.05) is 6.92 Å². The number of piperidine rings is 1. The van der Waals surface area contributed by atoms with Crippen molar-refractivity contribution >= 4 is 5.82 Å². The molecule has 1 aliphatic heterocycles. The van der Waals surface area contributed by atoms with Crippen molar-refractivity contribution < 1.29 is 0 Å². The van der Waals surface area contributed by atoms with Crippen molar-refractivity contribution in [3.63, 3.8) is 0 Å². The van der Waals surface area contributed by atoms with E-state index in [4.69, 9.17) is 0 Å². The molecule has 0 aromatic carbocycles. The van der Waals surface area contributed by atoms with Crippen molar-refractivity contribution in [1.82, 2.24) is 14.5 Å². The van der Waals surface area contributed by atoms with Crippen molar-refractivity contribution in [2.45, 2.75) is 45.7 Å². The fourth-order valence-corrected chi connectivity index (χ4v) is 2.61. The molecular formula is C14H24N4O. The Hall–Kier alpha value is -1.36. The van der Waals surface area contributed by atoms with Crippen LogP contribution in [0.2, 0.25) is 0 Å². The summed E-state index contributed by atoms with van der Waals surface area (Å²) in [6.45, 7) is 8.27. The van der Waals surface area contributed by atoms with Crippen LogP contribution in [-0.2, 0) is 6.54 Å². The molecule has 1 aliphatic rings. The first-order valence-corrected chi connectivity index (χ1v) is 7.29. The fraction of sp³-hybridized carbons (Fsp3) is 0.714. The van der Waals surface area contributed by atoms with Gasteiger partial charge in [0, 0.05) is 38.1 Å². The molecule has 2 rings (SSSR count). The Morgan fingerprint density at radius 2 is 2.11 bits per heavy atom. The van der Waals surface area contributed by atoms with Crippen LogP contribution in [0, 0.1) is 0 Å². The van der Waals surface area contributed by atoms with E-state index >= 15 is 0 Å². The first kappa shape index (κ1) is 14.1. The molecule has 0 bridgehead atoms. The van der Waals surface area contributed by atoms with Crippen LogP contribution in [0.4, 0.5) is 5.82 Å². The minimum Gasteiger partial charge on any atom is -0.363 e. The highest BCUT2D eigenvalue weighted by Crippen LogP contribution is 2.13. The van der Waals surface area contributed by atoms with Gasteiger partial charge < -0.3 is 14.8 Å². The Labute approximate surface area is 114 Å². The van der Waals surface area contributed by atoms with E-state index in [2.05, 4.69) is 22.1 Å². The summed E-state index contributed by atoms with van der Waals surface area (Å²) in [5, 5.41) is 3.32. The minimum absolute atomic E-state index is 0.0130. The summed E-state index contributed by atoms with van der Waals surface area (Å²) in [6, 6.07) is 0.376. The average Bonchev–Trinajstić information content (AvgIpc) is 2.43. The van der Waals surface area contributed by atoms with Gasteiger partial charge in [-0.3, -0.25) is 4.79 Å². The maximum Gasteiger partial charge on any atom is 0.293 e. The van der Waals surface area contributed by atoms with E-state index in [0.29, 0.717) is 18.4 Å². The number of hydrogen-bond donors (Lipinski definition) is 1. The van der Waals surface area contributed by atoms with Crippen LogP contribution < -0.4 is 10.9 Å². The van der Waals surface area contributed by atoms with Crippen LogP contribution in [0.3, 0.4) is 0 Å². The van der Waals surface area contributed by atoms with Gasteiger partial charge in [0.05, 0.1) is 0 Å². The molecule has 0 saturated carbocycles. The van der Waals surface area contributed by atoms with Gasteiger partial charge in [0.15, 0.2) is 5.82 Å². The lowest BCUT2D eigenvalue weighted by atomic mass is 10.1. The van der Waals surface area contributed by atoms with E-state index in [1.165, 1.54) is 13.0 Å². The number of likely N-dealkylation sites (tertiary alicyclic amines) is 1. The van der Waals surface area contributed by atoms with Gasteiger partial charge in [-0.25, -0.2) is 4.98 Å². The van der Waals surface area contributed by atoms with Gasteiger partial charge in [-0.05, 0) is 32.7 Å². The van der Waals surface area contributed by atoms with Crippen LogP contribution in [0.1, 0.15) is 33.1 Å². The second-order valence-electron chi connectivity index (χ2n) is 5.13. The summed E-state index contributed by atoms with van der Waals surface area (Å²) in [4.78, 5) is 18.7. The highest BCUT2D eigenvalue weighted by Gasteiger charge is 2.19. The molecule has 1 N–H and O–H groups in total. The lowest BCUT2D eigenvalue weighted by Crippen LogP contribution is -2.40. The van der Waals surface area contributed by atoms with Crippen LogP contribution in [0.25, 0.3) is 0 Å². The molecule has 1 saturated heterocycles. The number of anilines is 1. The van der Waals surface area contributed by atoms with Gasteiger partial charge in [-0.2, -0.15) is 0 Å². The molecule has 1 aromatic heterocycles. The van der Waals surface area contributed by atoms with Crippen LogP contribution in [0.15, 0.2) is 17.2 Å². The quantitative estimate of drug-likeness (QED) is 0.876. The zero-order valence-corrected chi connectivity index (χ0v) is 11.9. The van der Waals surface area contributed by atoms with E-state index in [-0.39, 0.29) is 5.56 Å². The second kappa shape index (κ2) is 6.70. The first-order valence-electron chi connectivity index (χ1n) is 7.29. The minimum atomic E-state index is -0.0130. The van der Waals surface area contributed by atoms with Gasteiger partial charge >= 0.3 is 0 Å². The summed E-state index contributed by atoms with van der Waals surface area (Å²) in [7, 11) is 0. The van der Waals surface area contributed by atoms with Gasteiger partial charge in [0.25, 0.3) is 5.56 Å². The Balaban J connectivity index is 1.94. The topological polar surface area (TPSA) is 50.2 Å². The van der Waals surface area contributed by atoms with Gasteiger partial charge in [0.2, 0.25) is 0 Å². The normalized spacial score (nSPS) is 17.6. The molecular weight excluding hydrogens is 240 g/mol. The highest BCUT2D eigenvalue weighted by atomic mass is 16.1. The van der Waals surface area contributed by atoms with Crippen molar-refractivity contribution in [2.75, 3.05) is 25.0 Å². The predicted octanol–water partition coefficient (Wildman–Crippen LogP) is 1.55. The Bertz CT molecular complexity index is 449. The predicted molar refractivity (Wildman–Crippen MR) is 77.5 cm³/mol. The lowest BCUT2D eigenvalue weighted by molar-refractivity contribution is 0.219. The van der Waals surface area contributed by atoms with Crippen LogP contribution >= 0.6 is 0 Å². The molecule has 0 atom stereocenters. The Morgan fingerprint density at radius 3 is 2.74 bits per heavy atom. The van der Waals surface area contributed by atoms with Gasteiger partial charge in [0.1, 0.15) is 0 Å². The standard InChI is InChI=1S/C14H24N4O/c1-3-8-17-9-5-12(6-10-17)16-13-14(19)18(4-2)11-7-15-13/h7,11-12H,3-6,8-10H2,1-2H3,(H,15,16). The Morgan fingerprint density at radius 1 is 1.37 bits per heavy atom. The van der Waals surface area contributed by atoms with E-state index in [9.17, 15) is 4.79 Å². The number of nitrogens with zero attached hydrogens (tertiary/aromatic N) is 3. The largest absolute Gasteiger partial charge is 0.363 e. The van der Waals surface area contributed by atoms with E-state index in [0.717, 1.165) is 25.9 Å². The molecule has 19 heavy (non-hydrogen) atoms. The molecule has 0 amide bonds. The SMILES string of the molecule is CCCN1CCC(Nc2nccn(CC)c2=O)CC1. The van der Waals surface area contributed by atoms with Crippen LogP contribution in [-0.4, -0.2) is 40.1 Å². The molecule has 1 aromatic rings. The third kappa shape index (κ3) is 3.56. The lowest BCUT2D eigenvalue weighted by Gasteiger charge is -2.32. The molecule has 0 unspecified atom stereocenters. The van der Waals surface area contributed by atoms with E-state index in [1.807, 2.05) is 6.92 Å². The molecule has 0 radical (unpaired) electrons. The fourth-order valence-electron chi connectivity index (χ4n) is 2.61. The molecule has 2 heterocycles. The smallest absolute Gasteiger partial charge is 0.293 e. The summed E-state index contributed by atoms with van der Waals surface area (Å²) in [6.07, 6.45) is 6.81.